The first-order chi connectivity index (χ1) is 12.9. The van der Waals surface area contributed by atoms with E-state index < -0.39 is 17.2 Å². The Hall–Kier alpha value is -2.54. The smallest absolute Gasteiger partial charge is 0.278 e. The molecule has 1 N–H and O–H groups in total. The van der Waals surface area contributed by atoms with Crippen molar-refractivity contribution in [1.29, 1.82) is 0 Å². The number of aromatic nitrogens is 2. The Morgan fingerprint density at radius 3 is 2.59 bits per heavy atom. The Balaban J connectivity index is 1.67. The van der Waals surface area contributed by atoms with Gasteiger partial charge in [0.15, 0.2) is 5.69 Å². The largest absolute Gasteiger partial charge is 0.337 e. The zero-order chi connectivity index (χ0) is 19.1. The number of hydrogen-bond acceptors (Lipinski definition) is 4. The predicted molar refractivity (Wildman–Crippen MR) is 99.6 cm³/mol. The number of para-hydroxylation sites is 1. The predicted octanol–water partition coefficient (Wildman–Crippen LogP) is 2.04. The summed E-state index contributed by atoms with van der Waals surface area (Å²) in [6, 6.07) is 8.47. The number of carbonyl (C=O) groups is 1. The molecule has 2 aliphatic heterocycles. The Kier molecular flexibility index (Phi) is 4.55. The molecule has 2 aromatic rings. The molecule has 2 saturated heterocycles. The van der Waals surface area contributed by atoms with Crippen LogP contribution in [0.1, 0.15) is 41.9 Å². The van der Waals surface area contributed by atoms with Crippen LogP contribution in [0.3, 0.4) is 0 Å². The quantitative estimate of drug-likeness (QED) is 0.898. The summed E-state index contributed by atoms with van der Waals surface area (Å²) in [5.41, 5.74) is 0.0851. The first-order valence-electron chi connectivity index (χ1n) is 9.33. The van der Waals surface area contributed by atoms with E-state index in [-0.39, 0.29) is 17.4 Å². The maximum atomic E-state index is 14.2. The fourth-order valence-electron chi connectivity index (χ4n) is 4.24. The van der Waals surface area contributed by atoms with Crippen LogP contribution in [0.4, 0.5) is 4.39 Å². The number of halogens is 1. The van der Waals surface area contributed by atoms with E-state index in [2.05, 4.69) is 10.4 Å². The summed E-state index contributed by atoms with van der Waals surface area (Å²) in [5, 5.41) is 7.78. The van der Waals surface area contributed by atoms with Gasteiger partial charge in [-0.2, -0.15) is 5.10 Å². The van der Waals surface area contributed by atoms with E-state index in [4.69, 9.17) is 0 Å². The molecular weight excluding hydrogens is 347 g/mol. The number of hydrogen-bond donors (Lipinski definition) is 1. The number of fused-ring (bicyclic) bond motifs is 2. The SMILES string of the molecule is Cc1cc(=O)c(C(=O)N(C)C2CC3CCC(C2)N3)nn1-c1ccccc1F. The number of nitrogens with zero attached hydrogens (tertiary/aromatic N) is 3. The summed E-state index contributed by atoms with van der Waals surface area (Å²) in [4.78, 5) is 27.1. The van der Waals surface area contributed by atoms with Gasteiger partial charge in [0, 0.05) is 36.9 Å². The van der Waals surface area contributed by atoms with Gasteiger partial charge in [-0.25, -0.2) is 9.07 Å². The van der Waals surface area contributed by atoms with Crippen molar-refractivity contribution in [3.63, 3.8) is 0 Å². The summed E-state index contributed by atoms with van der Waals surface area (Å²) in [5.74, 6) is -0.866. The van der Waals surface area contributed by atoms with E-state index in [9.17, 15) is 14.0 Å². The van der Waals surface area contributed by atoms with Crippen molar-refractivity contribution < 1.29 is 9.18 Å². The lowest BCUT2D eigenvalue weighted by molar-refractivity contribution is 0.0672. The van der Waals surface area contributed by atoms with E-state index in [0.717, 1.165) is 25.7 Å². The van der Waals surface area contributed by atoms with Crippen LogP contribution >= 0.6 is 0 Å². The molecule has 2 fully saturated rings. The van der Waals surface area contributed by atoms with Gasteiger partial charge in [0.2, 0.25) is 5.43 Å². The van der Waals surface area contributed by atoms with Gasteiger partial charge in [-0.05, 0) is 44.7 Å². The molecule has 2 aliphatic rings. The van der Waals surface area contributed by atoms with Crippen LogP contribution in [0.5, 0.6) is 0 Å². The monoisotopic (exact) mass is 370 g/mol. The third-order valence-corrected chi connectivity index (χ3v) is 5.71. The summed E-state index contributed by atoms with van der Waals surface area (Å²) in [6.45, 7) is 1.67. The number of nitrogens with one attached hydrogen (secondary N) is 1. The fourth-order valence-corrected chi connectivity index (χ4v) is 4.24. The van der Waals surface area contributed by atoms with Crippen LogP contribution in [0.2, 0.25) is 0 Å². The highest BCUT2D eigenvalue weighted by Gasteiger charge is 2.37. The molecule has 0 spiro atoms. The maximum absolute atomic E-state index is 14.2. The van der Waals surface area contributed by atoms with Crippen molar-refractivity contribution in [3.05, 3.63) is 57.8 Å². The van der Waals surface area contributed by atoms with Crippen molar-refractivity contribution in [2.45, 2.75) is 50.7 Å². The number of aryl methyl sites for hydroxylation is 1. The standard InChI is InChI=1S/C20H23FN4O2/c1-12-9-18(26)19(23-25(12)17-6-4-3-5-16(17)21)20(27)24(2)15-10-13-7-8-14(11-15)22-13/h3-6,9,13-15,22H,7-8,10-11H2,1-2H3. The maximum Gasteiger partial charge on any atom is 0.278 e. The summed E-state index contributed by atoms with van der Waals surface area (Å²) >= 11 is 0. The van der Waals surface area contributed by atoms with Crippen LogP contribution in [0.25, 0.3) is 5.69 Å². The van der Waals surface area contributed by atoms with Gasteiger partial charge < -0.3 is 10.2 Å². The second-order valence-corrected chi connectivity index (χ2v) is 7.54. The molecule has 142 valence electrons. The van der Waals surface area contributed by atoms with Crippen LogP contribution in [-0.4, -0.2) is 45.8 Å². The molecule has 1 amide bonds. The van der Waals surface area contributed by atoms with Crippen molar-refractivity contribution in [2.24, 2.45) is 0 Å². The molecule has 27 heavy (non-hydrogen) atoms. The second-order valence-electron chi connectivity index (χ2n) is 7.54. The zero-order valence-corrected chi connectivity index (χ0v) is 15.5. The Bertz CT molecular complexity index is 930. The molecule has 1 aromatic carbocycles. The number of amides is 1. The highest BCUT2D eigenvalue weighted by molar-refractivity contribution is 5.92. The average Bonchev–Trinajstić information content (AvgIpc) is 2.99. The fraction of sp³-hybridized carbons (Fsp3) is 0.450. The topological polar surface area (TPSA) is 67.2 Å². The van der Waals surface area contributed by atoms with Gasteiger partial charge in [0.25, 0.3) is 5.91 Å². The van der Waals surface area contributed by atoms with E-state index in [0.29, 0.717) is 17.8 Å². The number of benzene rings is 1. The normalized spacial score (nSPS) is 24.0. The van der Waals surface area contributed by atoms with Gasteiger partial charge in [-0.15, -0.1) is 0 Å². The molecule has 1 aromatic heterocycles. The number of rotatable bonds is 3. The van der Waals surface area contributed by atoms with Crippen LogP contribution in [0, 0.1) is 12.7 Å². The van der Waals surface area contributed by atoms with Crippen molar-refractivity contribution in [3.8, 4) is 5.69 Å². The van der Waals surface area contributed by atoms with Crippen molar-refractivity contribution in [2.75, 3.05) is 7.05 Å². The minimum absolute atomic E-state index is 0.0839. The number of carbonyl (C=O) groups excluding carboxylic acids is 1. The third kappa shape index (κ3) is 3.27. The zero-order valence-electron chi connectivity index (χ0n) is 15.5. The number of piperidine rings is 1. The Morgan fingerprint density at radius 2 is 1.93 bits per heavy atom. The third-order valence-electron chi connectivity index (χ3n) is 5.71. The van der Waals surface area contributed by atoms with Gasteiger partial charge in [-0.3, -0.25) is 9.59 Å². The first-order valence-corrected chi connectivity index (χ1v) is 9.33. The molecule has 2 atom stereocenters. The van der Waals surface area contributed by atoms with E-state index in [1.54, 1.807) is 37.1 Å². The molecule has 2 unspecified atom stereocenters. The molecule has 0 saturated carbocycles. The molecule has 7 heteroatoms. The van der Waals surface area contributed by atoms with Gasteiger partial charge in [-0.1, -0.05) is 12.1 Å². The van der Waals surface area contributed by atoms with Crippen molar-refractivity contribution >= 4 is 5.91 Å². The lowest BCUT2D eigenvalue weighted by Crippen LogP contribution is -2.49. The molecular formula is C20H23FN4O2. The lowest BCUT2D eigenvalue weighted by Gasteiger charge is -2.35. The minimum Gasteiger partial charge on any atom is -0.337 e. The first kappa shape index (κ1) is 17.9. The lowest BCUT2D eigenvalue weighted by atomic mass is 9.98. The average molecular weight is 370 g/mol. The van der Waals surface area contributed by atoms with E-state index in [1.165, 1.54) is 16.8 Å². The Labute approximate surface area is 157 Å². The molecule has 2 bridgehead atoms. The van der Waals surface area contributed by atoms with Gasteiger partial charge >= 0.3 is 0 Å². The van der Waals surface area contributed by atoms with Crippen LogP contribution < -0.4 is 10.7 Å². The highest BCUT2D eigenvalue weighted by Crippen LogP contribution is 2.29. The van der Waals surface area contributed by atoms with Crippen LogP contribution in [-0.2, 0) is 0 Å². The minimum atomic E-state index is -0.460. The molecule has 0 radical (unpaired) electrons. The summed E-state index contributed by atoms with van der Waals surface area (Å²) < 4.78 is 15.5. The molecule has 3 heterocycles. The van der Waals surface area contributed by atoms with E-state index >= 15 is 0 Å². The van der Waals surface area contributed by atoms with Gasteiger partial charge in [0.1, 0.15) is 11.5 Å². The van der Waals surface area contributed by atoms with Crippen molar-refractivity contribution in [1.82, 2.24) is 20.0 Å². The van der Waals surface area contributed by atoms with Crippen LogP contribution in [0.15, 0.2) is 35.1 Å². The highest BCUT2D eigenvalue weighted by atomic mass is 19.1. The second kappa shape index (κ2) is 6.88. The molecule has 0 aliphatic carbocycles. The summed E-state index contributed by atoms with van der Waals surface area (Å²) in [7, 11) is 1.73. The molecule has 6 nitrogen and oxygen atoms in total. The van der Waals surface area contributed by atoms with E-state index in [1.807, 2.05) is 0 Å². The molecule has 4 rings (SSSR count). The summed E-state index contributed by atoms with van der Waals surface area (Å²) in [6.07, 6.45) is 4.02. The Morgan fingerprint density at radius 1 is 1.26 bits per heavy atom. The van der Waals surface area contributed by atoms with Gasteiger partial charge in [0.05, 0.1) is 0 Å².